The number of thiophene rings is 1. The molecule has 1 N–H and O–H groups in total. The molecule has 0 radical (unpaired) electrons. The molecule has 7 heteroatoms. The molecule has 1 saturated carbocycles. The maximum absolute atomic E-state index is 12.8. The van der Waals surface area contributed by atoms with Gasteiger partial charge in [-0.2, -0.15) is 0 Å². The molecule has 0 bridgehead atoms. The number of Topliss-reactive ketones (excluding diaryl/α,β-unsaturated/α-hetero) is 1. The van der Waals surface area contributed by atoms with Crippen LogP contribution in [-0.4, -0.2) is 28.5 Å². The van der Waals surface area contributed by atoms with Crippen molar-refractivity contribution in [2.24, 2.45) is 0 Å². The Morgan fingerprint density at radius 2 is 2.17 bits per heavy atom. The SMILES string of the molecule is C=C1CCC(N2Cc3c(csc3NC(=O)Cc3ccc(C)c(Cl)c3)C2=O)C(=O)C1. The minimum Gasteiger partial charge on any atom is -0.324 e. The molecule has 1 unspecified atom stereocenters. The van der Waals surface area contributed by atoms with Crippen molar-refractivity contribution in [1.29, 1.82) is 0 Å². The van der Waals surface area contributed by atoms with Gasteiger partial charge in [0.15, 0.2) is 5.78 Å². The number of amides is 2. The zero-order chi connectivity index (χ0) is 20.7. The third-order valence-corrected chi connectivity index (χ3v) is 6.86. The summed E-state index contributed by atoms with van der Waals surface area (Å²) in [6.45, 7) is 6.15. The molecule has 1 aliphatic carbocycles. The molecule has 150 valence electrons. The Morgan fingerprint density at radius 1 is 1.38 bits per heavy atom. The maximum Gasteiger partial charge on any atom is 0.256 e. The van der Waals surface area contributed by atoms with Gasteiger partial charge in [-0.3, -0.25) is 14.4 Å². The monoisotopic (exact) mass is 428 g/mol. The van der Waals surface area contributed by atoms with Gasteiger partial charge in [-0.1, -0.05) is 35.9 Å². The predicted molar refractivity (Wildman–Crippen MR) is 115 cm³/mol. The first-order valence-corrected chi connectivity index (χ1v) is 10.7. The largest absolute Gasteiger partial charge is 0.324 e. The standard InChI is InChI=1S/C22H21ClN2O3S/c1-12-3-6-18(19(26)7-12)25-10-15-16(22(25)28)11-29-21(15)24-20(27)9-14-5-4-13(2)17(23)8-14/h4-5,8,11,18H,1,3,6-7,9-10H2,2H3,(H,24,27). The normalized spacial score (nSPS) is 18.9. The number of aryl methyl sites for hydroxylation is 1. The van der Waals surface area contributed by atoms with Gasteiger partial charge in [-0.05, 0) is 37.0 Å². The van der Waals surface area contributed by atoms with Crippen molar-refractivity contribution in [3.63, 3.8) is 0 Å². The van der Waals surface area contributed by atoms with Crippen LogP contribution in [0.2, 0.25) is 5.02 Å². The number of hydrogen-bond donors (Lipinski definition) is 1. The van der Waals surface area contributed by atoms with Gasteiger partial charge >= 0.3 is 0 Å². The van der Waals surface area contributed by atoms with E-state index in [2.05, 4.69) is 11.9 Å². The molecular formula is C22H21ClN2O3S. The van der Waals surface area contributed by atoms with E-state index in [-0.39, 0.29) is 24.0 Å². The van der Waals surface area contributed by atoms with E-state index in [1.807, 2.05) is 19.1 Å². The summed E-state index contributed by atoms with van der Waals surface area (Å²) in [7, 11) is 0. The molecule has 4 rings (SSSR count). The van der Waals surface area contributed by atoms with Gasteiger partial charge in [0.05, 0.1) is 24.6 Å². The molecule has 2 amide bonds. The van der Waals surface area contributed by atoms with Gasteiger partial charge in [0.25, 0.3) is 5.91 Å². The Balaban J connectivity index is 1.46. The summed E-state index contributed by atoms with van der Waals surface area (Å²) >= 11 is 7.48. The molecule has 5 nitrogen and oxygen atoms in total. The second-order valence-electron chi connectivity index (χ2n) is 7.65. The van der Waals surface area contributed by atoms with Crippen molar-refractivity contribution in [2.75, 3.05) is 5.32 Å². The number of nitrogens with zero attached hydrogens (tertiary/aromatic N) is 1. The van der Waals surface area contributed by atoms with E-state index in [0.717, 1.165) is 28.7 Å². The molecule has 2 aliphatic rings. The first-order chi connectivity index (χ1) is 13.8. The molecule has 2 heterocycles. The molecular weight excluding hydrogens is 408 g/mol. The molecule has 1 aromatic heterocycles. The summed E-state index contributed by atoms with van der Waals surface area (Å²) in [5.41, 5.74) is 4.10. The Morgan fingerprint density at radius 3 is 2.90 bits per heavy atom. The van der Waals surface area contributed by atoms with E-state index in [9.17, 15) is 14.4 Å². The lowest BCUT2D eigenvalue weighted by molar-refractivity contribution is -0.124. The highest BCUT2D eigenvalue weighted by Gasteiger charge is 2.39. The van der Waals surface area contributed by atoms with Gasteiger partial charge in [0.2, 0.25) is 5.91 Å². The van der Waals surface area contributed by atoms with Gasteiger partial charge in [0.1, 0.15) is 5.00 Å². The molecule has 0 spiro atoms. The molecule has 2 aromatic rings. The number of halogens is 1. The minimum absolute atomic E-state index is 0.0465. The Kier molecular flexibility index (Phi) is 5.32. The highest BCUT2D eigenvalue weighted by Crippen LogP contribution is 2.38. The quantitative estimate of drug-likeness (QED) is 0.728. The molecule has 1 aromatic carbocycles. The number of nitrogens with one attached hydrogen (secondary N) is 1. The van der Waals surface area contributed by atoms with Gasteiger partial charge < -0.3 is 10.2 Å². The zero-order valence-corrected chi connectivity index (χ0v) is 17.7. The van der Waals surface area contributed by atoms with Crippen LogP contribution in [0.5, 0.6) is 0 Å². The van der Waals surface area contributed by atoms with E-state index in [0.29, 0.717) is 35.0 Å². The van der Waals surface area contributed by atoms with Gasteiger partial charge in [-0.25, -0.2) is 0 Å². The fraction of sp³-hybridized carbons (Fsp3) is 0.318. The fourth-order valence-electron chi connectivity index (χ4n) is 3.86. The number of hydrogen-bond acceptors (Lipinski definition) is 4. The van der Waals surface area contributed by atoms with Crippen LogP contribution in [0.1, 0.15) is 46.3 Å². The van der Waals surface area contributed by atoms with Crippen LogP contribution in [0, 0.1) is 6.92 Å². The van der Waals surface area contributed by atoms with Gasteiger partial charge in [-0.15, -0.1) is 11.3 Å². The van der Waals surface area contributed by atoms with E-state index in [1.165, 1.54) is 11.3 Å². The van der Waals surface area contributed by atoms with Gasteiger partial charge in [0, 0.05) is 22.4 Å². The van der Waals surface area contributed by atoms with Crippen LogP contribution in [0.15, 0.2) is 35.7 Å². The van der Waals surface area contributed by atoms with E-state index in [1.54, 1.807) is 16.3 Å². The van der Waals surface area contributed by atoms with E-state index < -0.39 is 6.04 Å². The second kappa shape index (κ2) is 7.76. The number of fused-ring (bicyclic) bond motifs is 1. The molecule has 1 aliphatic heterocycles. The van der Waals surface area contributed by atoms with Crippen LogP contribution < -0.4 is 5.32 Å². The number of carbonyl (C=O) groups is 3. The lowest BCUT2D eigenvalue weighted by Crippen LogP contribution is -2.43. The van der Waals surface area contributed by atoms with Crippen LogP contribution >= 0.6 is 22.9 Å². The van der Waals surface area contributed by atoms with E-state index >= 15 is 0 Å². The van der Waals surface area contributed by atoms with Crippen molar-refractivity contribution in [2.45, 2.75) is 45.2 Å². The fourth-order valence-corrected chi connectivity index (χ4v) is 5.03. The van der Waals surface area contributed by atoms with Crippen molar-refractivity contribution >= 4 is 45.5 Å². The summed E-state index contributed by atoms with van der Waals surface area (Å²) in [4.78, 5) is 39.4. The van der Waals surface area contributed by atoms with Crippen LogP contribution in [0.4, 0.5) is 5.00 Å². The first kappa shape index (κ1) is 19.9. The third-order valence-electron chi connectivity index (χ3n) is 5.51. The number of benzene rings is 1. The Hall–Kier alpha value is -2.44. The van der Waals surface area contributed by atoms with Crippen molar-refractivity contribution < 1.29 is 14.4 Å². The van der Waals surface area contributed by atoms with Crippen molar-refractivity contribution in [1.82, 2.24) is 4.90 Å². The molecule has 1 atom stereocenters. The maximum atomic E-state index is 12.8. The topological polar surface area (TPSA) is 66.5 Å². The first-order valence-electron chi connectivity index (χ1n) is 9.49. The average Bonchev–Trinajstić information content (AvgIpc) is 3.19. The zero-order valence-electron chi connectivity index (χ0n) is 16.1. The molecule has 29 heavy (non-hydrogen) atoms. The Bertz CT molecular complexity index is 1040. The van der Waals surface area contributed by atoms with Crippen LogP contribution in [0.25, 0.3) is 0 Å². The number of allylic oxidation sites excluding steroid dienone is 1. The summed E-state index contributed by atoms with van der Waals surface area (Å²) in [6, 6.07) is 5.17. The average molecular weight is 429 g/mol. The number of carbonyl (C=O) groups excluding carboxylic acids is 3. The van der Waals surface area contributed by atoms with Crippen molar-refractivity contribution in [3.05, 3.63) is 63.0 Å². The van der Waals surface area contributed by atoms with Crippen molar-refractivity contribution in [3.8, 4) is 0 Å². The minimum atomic E-state index is -0.399. The highest BCUT2D eigenvalue weighted by atomic mass is 35.5. The highest BCUT2D eigenvalue weighted by molar-refractivity contribution is 7.15. The third kappa shape index (κ3) is 3.87. The number of anilines is 1. The summed E-state index contributed by atoms with van der Waals surface area (Å²) in [5, 5.41) is 6.00. The van der Waals surface area contributed by atoms with E-state index in [4.69, 9.17) is 11.6 Å². The summed E-state index contributed by atoms with van der Waals surface area (Å²) in [5.74, 6) is -0.247. The predicted octanol–water partition coefficient (Wildman–Crippen LogP) is 4.52. The van der Waals surface area contributed by atoms with Crippen LogP contribution in [-0.2, 0) is 22.6 Å². The lowest BCUT2D eigenvalue weighted by atomic mass is 9.90. The lowest BCUT2D eigenvalue weighted by Gasteiger charge is -2.30. The Labute approximate surface area is 178 Å². The smallest absolute Gasteiger partial charge is 0.256 e. The molecule has 1 fully saturated rings. The second-order valence-corrected chi connectivity index (χ2v) is 8.93. The number of rotatable bonds is 4. The summed E-state index contributed by atoms with van der Waals surface area (Å²) < 4.78 is 0. The summed E-state index contributed by atoms with van der Waals surface area (Å²) in [6.07, 6.45) is 1.92. The van der Waals surface area contributed by atoms with Crippen LogP contribution in [0.3, 0.4) is 0 Å². The molecule has 0 saturated heterocycles. The number of ketones is 1.